The van der Waals surface area contributed by atoms with Crippen molar-refractivity contribution in [3.63, 3.8) is 0 Å². The number of carbonyl (C=O) groups is 3. The Morgan fingerprint density at radius 2 is 1.94 bits per heavy atom. The summed E-state index contributed by atoms with van der Waals surface area (Å²) in [5, 5.41) is 6.47. The zero-order chi connectivity index (χ0) is 25.4. The summed E-state index contributed by atoms with van der Waals surface area (Å²) in [6, 6.07) is -1.21. The maximum atomic E-state index is 12.8. The molecule has 1 aliphatic rings. The van der Waals surface area contributed by atoms with E-state index in [0.29, 0.717) is 19.4 Å². The summed E-state index contributed by atoms with van der Waals surface area (Å²) < 4.78 is 43.0. The summed E-state index contributed by atoms with van der Waals surface area (Å²) in [5.41, 5.74) is -0.693. The van der Waals surface area contributed by atoms with Gasteiger partial charge in [-0.25, -0.2) is 4.79 Å². The topological polar surface area (TPSA) is 126 Å². The molecule has 3 atom stereocenters. The molecule has 0 aromatic carbocycles. The van der Waals surface area contributed by atoms with Crippen LogP contribution in [0.25, 0.3) is 0 Å². The highest BCUT2D eigenvalue weighted by Gasteiger charge is 2.40. The summed E-state index contributed by atoms with van der Waals surface area (Å²) in [6.07, 6.45) is -1.75. The molecule has 4 N–H and O–H groups in total. The van der Waals surface area contributed by atoms with Crippen molar-refractivity contribution in [3.8, 4) is 0 Å². The average Bonchev–Trinajstić information content (AvgIpc) is 3.08. The van der Waals surface area contributed by atoms with Crippen molar-refractivity contribution in [2.24, 2.45) is 16.9 Å². The number of likely N-dealkylation sites (tertiary alicyclic amines) is 1. The number of alkyl halides is 3. The van der Waals surface area contributed by atoms with Crippen LogP contribution in [0.3, 0.4) is 0 Å². The van der Waals surface area contributed by atoms with Gasteiger partial charge in [0.05, 0.1) is 5.88 Å². The van der Waals surface area contributed by atoms with Crippen molar-refractivity contribution in [2.75, 3.05) is 12.4 Å². The van der Waals surface area contributed by atoms with E-state index >= 15 is 0 Å². The fraction of sp³-hybridized carbons (Fsp3) is 0.700. The number of amides is 3. The highest BCUT2D eigenvalue weighted by atomic mass is 32.2. The number of halogens is 3. The molecule has 13 heteroatoms. The van der Waals surface area contributed by atoms with Crippen LogP contribution in [-0.2, 0) is 14.3 Å². The molecule has 0 aromatic rings. The monoisotopic (exact) mass is 495 g/mol. The van der Waals surface area contributed by atoms with Crippen LogP contribution in [0.15, 0.2) is 17.3 Å². The van der Waals surface area contributed by atoms with E-state index in [1.807, 2.05) is 6.92 Å². The minimum atomic E-state index is -4.69. The van der Waals surface area contributed by atoms with Crippen LogP contribution in [0, 0.1) is 5.92 Å². The number of hydrogen-bond acceptors (Lipinski definition) is 7. The van der Waals surface area contributed by atoms with Crippen LogP contribution < -0.4 is 16.5 Å². The highest BCUT2D eigenvalue weighted by Crippen LogP contribution is 2.26. The van der Waals surface area contributed by atoms with Crippen LogP contribution in [0.1, 0.15) is 47.5 Å². The lowest BCUT2D eigenvalue weighted by molar-refractivity contribution is -0.126. The number of ether oxygens (including phenoxy) is 1. The van der Waals surface area contributed by atoms with Crippen molar-refractivity contribution < 1.29 is 32.3 Å². The Morgan fingerprint density at radius 3 is 2.45 bits per heavy atom. The first-order valence-corrected chi connectivity index (χ1v) is 11.4. The van der Waals surface area contributed by atoms with E-state index in [9.17, 15) is 27.6 Å². The molecule has 3 amide bonds. The molecule has 33 heavy (non-hydrogen) atoms. The van der Waals surface area contributed by atoms with E-state index in [1.165, 1.54) is 11.0 Å². The molecule has 0 bridgehead atoms. The lowest BCUT2D eigenvalue weighted by atomic mass is 10.1. The largest absolute Gasteiger partial charge is 0.444 e. The van der Waals surface area contributed by atoms with E-state index in [2.05, 4.69) is 15.7 Å². The summed E-state index contributed by atoms with van der Waals surface area (Å²) in [6.45, 7) is 9.35. The van der Waals surface area contributed by atoms with Gasteiger partial charge in [-0.15, -0.1) is 0 Å². The van der Waals surface area contributed by atoms with Crippen molar-refractivity contribution in [1.82, 2.24) is 15.5 Å². The maximum Gasteiger partial charge on any atom is 0.441 e. The number of thioether (sulfide) groups is 1. The number of hydrogen-bond donors (Lipinski definition) is 3. The molecule has 0 saturated carbocycles. The van der Waals surface area contributed by atoms with Gasteiger partial charge >= 0.3 is 12.3 Å². The standard InChI is InChI=1S/C20H32F3N5O4S/c1-6-13(7-8-15(29)25-11-33-17(27-24)20(21,22)23)26-16(30)14-9-12(2)10-28(14)18(31)32-19(3,4)5/h7-8,12-14H,6,9-11,24H2,1-5H3,(H,25,29)(H,26,30). The van der Waals surface area contributed by atoms with E-state index < -0.39 is 40.9 Å². The van der Waals surface area contributed by atoms with Crippen LogP contribution in [0.2, 0.25) is 0 Å². The molecule has 1 fully saturated rings. The minimum absolute atomic E-state index is 0.116. The fourth-order valence-electron chi connectivity index (χ4n) is 3.01. The summed E-state index contributed by atoms with van der Waals surface area (Å²) in [5.74, 6) is 3.43. The van der Waals surface area contributed by atoms with Crippen LogP contribution in [-0.4, -0.2) is 64.1 Å². The third kappa shape index (κ3) is 9.93. The average molecular weight is 496 g/mol. The SMILES string of the molecule is CCC(C=CC(=O)NCSC(=NN)C(F)(F)F)NC(=O)C1CC(C)CN1C(=O)OC(C)(C)C. The van der Waals surface area contributed by atoms with E-state index in [1.54, 1.807) is 27.7 Å². The van der Waals surface area contributed by atoms with Gasteiger partial charge in [0, 0.05) is 18.7 Å². The molecule has 0 aliphatic carbocycles. The second-order valence-electron chi connectivity index (χ2n) is 8.63. The number of rotatable bonds is 7. The normalized spacial score (nSPS) is 20.6. The van der Waals surface area contributed by atoms with Gasteiger partial charge in [-0.2, -0.15) is 18.3 Å². The number of carbonyl (C=O) groups excluding carboxylic acids is 3. The van der Waals surface area contributed by atoms with Crippen molar-refractivity contribution >= 4 is 34.7 Å². The zero-order valence-electron chi connectivity index (χ0n) is 19.4. The number of hydrazone groups is 1. The first-order chi connectivity index (χ1) is 15.2. The molecule has 1 rings (SSSR count). The van der Waals surface area contributed by atoms with Gasteiger partial charge in [0.1, 0.15) is 11.6 Å². The van der Waals surface area contributed by atoms with Gasteiger partial charge in [-0.3, -0.25) is 14.5 Å². The van der Waals surface area contributed by atoms with Gasteiger partial charge in [0.2, 0.25) is 11.8 Å². The highest BCUT2D eigenvalue weighted by molar-refractivity contribution is 8.14. The molecule has 1 aliphatic heterocycles. The minimum Gasteiger partial charge on any atom is -0.444 e. The zero-order valence-corrected chi connectivity index (χ0v) is 20.2. The van der Waals surface area contributed by atoms with E-state index in [-0.39, 0.29) is 29.5 Å². The first-order valence-electron chi connectivity index (χ1n) is 10.4. The number of nitrogens with two attached hydrogens (primary N) is 1. The third-order valence-corrected chi connectivity index (χ3v) is 5.40. The van der Waals surface area contributed by atoms with Crippen molar-refractivity contribution in [1.29, 1.82) is 0 Å². The quantitative estimate of drug-likeness (QED) is 0.125. The van der Waals surface area contributed by atoms with E-state index in [0.717, 1.165) is 6.08 Å². The number of nitrogens with one attached hydrogen (secondary N) is 2. The van der Waals surface area contributed by atoms with Crippen LogP contribution >= 0.6 is 11.8 Å². The second-order valence-corrected chi connectivity index (χ2v) is 9.60. The second kappa shape index (κ2) is 12.1. The molecular formula is C20H32F3N5O4S. The first kappa shape index (κ1) is 28.6. The third-order valence-electron chi connectivity index (χ3n) is 4.50. The Kier molecular flexibility index (Phi) is 10.5. The molecular weight excluding hydrogens is 463 g/mol. The lowest BCUT2D eigenvalue weighted by Crippen LogP contribution is -2.49. The molecule has 0 aromatic heterocycles. The molecule has 0 spiro atoms. The van der Waals surface area contributed by atoms with Crippen molar-refractivity contribution in [3.05, 3.63) is 12.2 Å². The fourth-order valence-corrected chi connectivity index (χ4v) is 3.60. The Morgan fingerprint density at radius 1 is 1.30 bits per heavy atom. The maximum absolute atomic E-state index is 12.8. The Labute approximate surface area is 195 Å². The smallest absolute Gasteiger partial charge is 0.441 e. The molecule has 3 unspecified atom stereocenters. The van der Waals surface area contributed by atoms with Gasteiger partial charge in [-0.05, 0) is 39.5 Å². The van der Waals surface area contributed by atoms with E-state index in [4.69, 9.17) is 10.6 Å². The molecule has 1 saturated heterocycles. The van der Waals surface area contributed by atoms with Crippen LogP contribution in [0.5, 0.6) is 0 Å². The summed E-state index contributed by atoms with van der Waals surface area (Å²) >= 11 is 0.246. The summed E-state index contributed by atoms with van der Waals surface area (Å²) in [7, 11) is 0. The molecule has 1 heterocycles. The molecule has 188 valence electrons. The summed E-state index contributed by atoms with van der Waals surface area (Å²) in [4.78, 5) is 38.6. The Hall–Kier alpha value is -2.44. The van der Waals surface area contributed by atoms with Gasteiger partial charge in [0.15, 0.2) is 5.04 Å². The van der Waals surface area contributed by atoms with Crippen molar-refractivity contribution in [2.45, 2.75) is 71.3 Å². The molecule has 9 nitrogen and oxygen atoms in total. The Bertz CT molecular complexity index is 768. The van der Waals surface area contributed by atoms with Gasteiger partial charge in [0.25, 0.3) is 0 Å². The number of nitrogens with zero attached hydrogens (tertiary/aromatic N) is 2. The van der Waals surface area contributed by atoms with Gasteiger partial charge in [-0.1, -0.05) is 31.7 Å². The molecule has 0 radical (unpaired) electrons. The van der Waals surface area contributed by atoms with Gasteiger partial charge < -0.3 is 21.2 Å². The predicted octanol–water partition coefficient (Wildman–Crippen LogP) is 2.72. The van der Waals surface area contributed by atoms with Crippen LogP contribution in [0.4, 0.5) is 18.0 Å². The Balaban J connectivity index is 2.65. The lowest BCUT2D eigenvalue weighted by Gasteiger charge is -2.28. The predicted molar refractivity (Wildman–Crippen MR) is 120 cm³/mol.